The summed E-state index contributed by atoms with van der Waals surface area (Å²) < 4.78 is 69.3. The Morgan fingerprint density at radius 3 is 2.36 bits per heavy atom. The molecule has 2 aromatic rings. The van der Waals surface area contributed by atoms with Crippen LogP contribution in [0.1, 0.15) is 60.3 Å². The van der Waals surface area contributed by atoms with Gasteiger partial charge in [0.25, 0.3) is 0 Å². The Morgan fingerprint density at radius 1 is 1.05 bits per heavy atom. The van der Waals surface area contributed by atoms with Gasteiger partial charge in [-0.15, -0.1) is 0 Å². The number of ether oxygens (including phenoxy) is 2. The van der Waals surface area contributed by atoms with Crippen molar-refractivity contribution in [3.05, 3.63) is 30.0 Å². The lowest BCUT2D eigenvalue weighted by atomic mass is 10.1. The van der Waals surface area contributed by atoms with Crippen molar-refractivity contribution >= 4 is 27.8 Å². The molecule has 14 heteroatoms. The van der Waals surface area contributed by atoms with Gasteiger partial charge >= 0.3 is 6.09 Å². The number of hydrogen-bond donors (Lipinski definition) is 1. The molecule has 0 bridgehead atoms. The predicted octanol–water partition coefficient (Wildman–Crippen LogP) is 4.63. The average molecular weight is 637 g/mol. The smallest absolute Gasteiger partial charge is 0.410 e. The fraction of sp³-hybridized carbons (Fsp3) is 0.633. The molecule has 1 N–H and O–H groups in total. The van der Waals surface area contributed by atoms with Gasteiger partial charge in [0.05, 0.1) is 23.7 Å². The largest absolute Gasteiger partial charge is 0.486 e. The maximum Gasteiger partial charge on any atom is 0.410 e. The van der Waals surface area contributed by atoms with Crippen LogP contribution in [0.4, 0.5) is 25.2 Å². The zero-order valence-corrected chi connectivity index (χ0v) is 26.8. The van der Waals surface area contributed by atoms with Crippen molar-refractivity contribution in [1.29, 1.82) is 0 Å². The molecule has 0 radical (unpaired) electrons. The molecule has 1 amide bonds. The number of benzene rings is 1. The molecule has 242 valence electrons. The summed E-state index contributed by atoms with van der Waals surface area (Å²) in [7, 11) is -3.54. The number of nitrogens with one attached hydrogen (secondary N) is 1. The van der Waals surface area contributed by atoms with Crippen LogP contribution < -0.4 is 15.0 Å². The van der Waals surface area contributed by atoms with Gasteiger partial charge < -0.3 is 24.6 Å². The zero-order chi connectivity index (χ0) is 31.8. The monoisotopic (exact) mass is 636 g/mol. The molecule has 5 rings (SSSR count). The van der Waals surface area contributed by atoms with E-state index in [1.54, 1.807) is 31.7 Å². The van der Waals surface area contributed by atoms with E-state index in [1.807, 2.05) is 18.7 Å². The lowest BCUT2D eigenvalue weighted by Gasteiger charge is -2.37. The van der Waals surface area contributed by atoms with Crippen molar-refractivity contribution in [2.45, 2.75) is 83.2 Å². The Labute approximate surface area is 258 Å². The first-order valence-electron chi connectivity index (χ1n) is 15.2. The van der Waals surface area contributed by atoms with Gasteiger partial charge in [-0.2, -0.15) is 0 Å². The van der Waals surface area contributed by atoms with E-state index in [4.69, 9.17) is 9.47 Å². The van der Waals surface area contributed by atoms with Crippen molar-refractivity contribution in [3.8, 4) is 17.0 Å². The molecule has 4 heterocycles. The second kappa shape index (κ2) is 12.6. The first kappa shape index (κ1) is 32.1. The molecular formula is C30H42F2N6O5S. The Balaban J connectivity index is 1.20. The van der Waals surface area contributed by atoms with Gasteiger partial charge in [0.1, 0.15) is 17.9 Å². The number of rotatable bonds is 6. The summed E-state index contributed by atoms with van der Waals surface area (Å²) in [5.41, 5.74) is 0.191. The summed E-state index contributed by atoms with van der Waals surface area (Å²) >= 11 is 0. The van der Waals surface area contributed by atoms with Crippen LogP contribution in [0.3, 0.4) is 0 Å². The van der Waals surface area contributed by atoms with Gasteiger partial charge in [0, 0.05) is 43.8 Å². The van der Waals surface area contributed by atoms with E-state index in [9.17, 15) is 17.6 Å². The Kier molecular flexibility index (Phi) is 9.22. The third-order valence-electron chi connectivity index (χ3n) is 8.21. The molecule has 0 unspecified atom stereocenters. The summed E-state index contributed by atoms with van der Waals surface area (Å²) in [5, 5.41) is 2.66. The third kappa shape index (κ3) is 7.01. The molecule has 1 aromatic heterocycles. The summed E-state index contributed by atoms with van der Waals surface area (Å²) in [6, 6.07) is 2.88. The van der Waals surface area contributed by atoms with Crippen molar-refractivity contribution in [2.75, 3.05) is 49.5 Å². The van der Waals surface area contributed by atoms with Crippen molar-refractivity contribution in [1.82, 2.24) is 19.2 Å². The number of carbonyl (C=O) groups excluding carboxylic acids is 1. The van der Waals surface area contributed by atoms with Crippen LogP contribution in [0.5, 0.6) is 5.75 Å². The van der Waals surface area contributed by atoms with Gasteiger partial charge in [0.2, 0.25) is 16.0 Å². The second-order valence-electron chi connectivity index (χ2n) is 12.9. The fourth-order valence-corrected chi connectivity index (χ4v) is 7.87. The topological polar surface area (TPSA) is 117 Å². The van der Waals surface area contributed by atoms with Gasteiger partial charge in [-0.25, -0.2) is 36.3 Å². The maximum atomic E-state index is 15.0. The van der Waals surface area contributed by atoms with E-state index >= 15 is 4.39 Å². The molecule has 3 aliphatic heterocycles. The lowest BCUT2D eigenvalue weighted by molar-refractivity contribution is 0.0216. The number of halogens is 2. The molecule has 3 aliphatic rings. The fourth-order valence-electron chi connectivity index (χ4n) is 5.92. The van der Waals surface area contributed by atoms with Crippen LogP contribution in [0, 0.1) is 11.6 Å². The molecule has 0 aliphatic carbocycles. The van der Waals surface area contributed by atoms with Crippen LogP contribution in [0.25, 0.3) is 11.3 Å². The van der Waals surface area contributed by atoms with Gasteiger partial charge in [-0.05, 0) is 72.4 Å². The number of carbonyl (C=O) groups is 1. The summed E-state index contributed by atoms with van der Waals surface area (Å²) in [5.74, 6) is -0.926. The first-order valence-corrected chi connectivity index (χ1v) is 16.7. The highest BCUT2D eigenvalue weighted by Crippen LogP contribution is 2.39. The molecule has 2 fully saturated rings. The molecule has 0 saturated carbocycles. The minimum absolute atomic E-state index is 0.0313. The van der Waals surface area contributed by atoms with E-state index in [-0.39, 0.29) is 35.0 Å². The second-order valence-corrected chi connectivity index (χ2v) is 15.1. The number of amides is 1. The lowest BCUT2D eigenvalue weighted by Crippen LogP contribution is -2.50. The number of sulfonamides is 1. The summed E-state index contributed by atoms with van der Waals surface area (Å²) in [4.78, 5) is 24.4. The normalized spacial score (nSPS) is 19.1. The van der Waals surface area contributed by atoms with Crippen LogP contribution >= 0.6 is 0 Å². The number of likely N-dealkylation sites (tertiary alicyclic amines) is 1. The van der Waals surface area contributed by atoms with Crippen molar-refractivity contribution in [3.63, 3.8) is 0 Å². The van der Waals surface area contributed by atoms with Crippen LogP contribution in [-0.4, -0.2) is 95.9 Å². The number of hydrogen-bond acceptors (Lipinski definition) is 9. The van der Waals surface area contributed by atoms with E-state index in [0.717, 1.165) is 6.20 Å². The van der Waals surface area contributed by atoms with Crippen molar-refractivity contribution < 1.29 is 31.5 Å². The highest BCUT2D eigenvalue weighted by molar-refractivity contribution is 7.89. The average Bonchev–Trinajstić information content (AvgIpc) is 2.97. The number of anilines is 2. The highest BCUT2D eigenvalue weighted by Gasteiger charge is 2.38. The molecule has 2 saturated heterocycles. The summed E-state index contributed by atoms with van der Waals surface area (Å²) in [6.07, 6.45) is 2.38. The van der Waals surface area contributed by atoms with Gasteiger partial charge in [-0.3, -0.25) is 0 Å². The van der Waals surface area contributed by atoms with E-state index < -0.39 is 38.6 Å². The van der Waals surface area contributed by atoms with Crippen molar-refractivity contribution in [2.24, 2.45) is 0 Å². The Hall–Kier alpha value is -3.26. The molecule has 44 heavy (non-hydrogen) atoms. The molecular weight excluding hydrogens is 594 g/mol. The van der Waals surface area contributed by atoms with Crippen LogP contribution in [0.2, 0.25) is 0 Å². The van der Waals surface area contributed by atoms with E-state index in [0.29, 0.717) is 70.7 Å². The Bertz CT molecular complexity index is 1470. The zero-order valence-electron chi connectivity index (χ0n) is 26.0. The Morgan fingerprint density at radius 2 is 1.73 bits per heavy atom. The number of fused-ring (bicyclic) bond motifs is 1. The molecule has 0 atom stereocenters. The first-order chi connectivity index (χ1) is 20.7. The van der Waals surface area contributed by atoms with Crippen LogP contribution in [-0.2, 0) is 14.8 Å². The van der Waals surface area contributed by atoms with Gasteiger partial charge in [0.15, 0.2) is 17.4 Å². The summed E-state index contributed by atoms with van der Waals surface area (Å²) in [6.45, 7) is 11.7. The van der Waals surface area contributed by atoms with E-state index in [2.05, 4.69) is 15.3 Å². The number of nitrogens with zero attached hydrogens (tertiary/aromatic N) is 5. The molecule has 1 aromatic carbocycles. The molecule has 11 nitrogen and oxygen atoms in total. The van der Waals surface area contributed by atoms with Gasteiger partial charge in [-0.1, -0.05) is 0 Å². The quantitative estimate of drug-likeness (QED) is 0.484. The minimum Gasteiger partial charge on any atom is -0.486 e. The third-order valence-corrected chi connectivity index (χ3v) is 10.6. The minimum atomic E-state index is -3.54. The highest BCUT2D eigenvalue weighted by atomic mass is 32.2. The number of piperidine rings is 2. The molecule has 0 spiro atoms. The van der Waals surface area contributed by atoms with E-state index in [1.165, 1.54) is 10.4 Å². The van der Waals surface area contributed by atoms with Crippen LogP contribution in [0.15, 0.2) is 18.3 Å². The SMILES string of the molecule is CC(C)N1CCOc2c(F)cc(-c3nc(NC4CCN(S(=O)(=O)C5CCN(C(=O)OC(C)(C)C)CC5)CC4)ncc3F)cc21. The number of aromatic nitrogens is 2. The predicted molar refractivity (Wildman–Crippen MR) is 163 cm³/mol. The standard InChI is InChI=1S/C30H42F2N6O5S/c1-19(2)38-14-15-42-27-23(31)16-20(17-25(27)38)26-24(32)18-33-28(35-26)34-21-6-12-37(13-7-21)44(40,41)22-8-10-36(11-9-22)29(39)43-30(3,4)5/h16-19,21-22H,6-15H2,1-5H3,(H,33,34,35). The maximum absolute atomic E-state index is 15.0.